The average Bonchev–Trinajstić information content (AvgIpc) is 2.25. The smallest absolute Gasteiger partial charge is 0.269 e. The van der Waals surface area contributed by atoms with Crippen molar-refractivity contribution in [2.24, 2.45) is 0 Å². The Balaban J connectivity index is 2.32. The minimum absolute atomic E-state index is 0.119. The number of hydrogen-bond acceptors (Lipinski definition) is 3. The molecule has 0 aliphatic rings. The molecule has 1 rings (SSSR count). The van der Waals surface area contributed by atoms with Crippen LogP contribution in [0.2, 0.25) is 0 Å². The molecule has 5 heteroatoms. The zero-order chi connectivity index (χ0) is 12.0. The Morgan fingerprint density at radius 3 is 2.81 bits per heavy atom. The zero-order valence-corrected chi connectivity index (χ0v) is 11.1. The molecular weight excluding hydrogens is 266 g/mol. The molecule has 1 aromatic heterocycles. The van der Waals surface area contributed by atoms with Gasteiger partial charge in [0.25, 0.3) is 5.91 Å². The number of nitrogens with zero attached hydrogens (tertiary/aromatic N) is 2. The Morgan fingerprint density at radius 1 is 1.50 bits per heavy atom. The molecule has 0 saturated carbocycles. The largest absolute Gasteiger partial charge is 0.351 e. The minimum Gasteiger partial charge on any atom is -0.351 e. The number of rotatable bonds is 5. The molecule has 1 amide bonds. The van der Waals surface area contributed by atoms with Crippen LogP contribution in [0.15, 0.2) is 22.8 Å². The molecule has 0 spiro atoms. The topological polar surface area (TPSA) is 45.2 Å². The predicted molar refractivity (Wildman–Crippen MR) is 67.4 cm³/mol. The lowest BCUT2D eigenvalue weighted by atomic mass is 10.3. The molecular formula is C11H16BrN3O. The second-order valence-corrected chi connectivity index (χ2v) is 4.69. The summed E-state index contributed by atoms with van der Waals surface area (Å²) in [7, 11) is 4.02. The van der Waals surface area contributed by atoms with Gasteiger partial charge in [0.1, 0.15) is 5.69 Å². The summed E-state index contributed by atoms with van der Waals surface area (Å²) in [6, 6.07) is 3.51. The molecule has 0 unspecified atom stereocenters. The van der Waals surface area contributed by atoms with Crippen LogP contribution >= 0.6 is 15.9 Å². The van der Waals surface area contributed by atoms with Crippen molar-refractivity contribution in [1.29, 1.82) is 0 Å². The molecule has 1 aromatic rings. The molecule has 0 aliphatic carbocycles. The molecule has 16 heavy (non-hydrogen) atoms. The Morgan fingerprint density at radius 2 is 2.25 bits per heavy atom. The number of carbonyl (C=O) groups excluding carboxylic acids is 1. The quantitative estimate of drug-likeness (QED) is 0.833. The van der Waals surface area contributed by atoms with Crippen LogP contribution in [-0.4, -0.2) is 43.0 Å². The van der Waals surface area contributed by atoms with Gasteiger partial charge in [-0.2, -0.15) is 0 Å². The third-order valence-electron chi connectivity index (χ3n) is 2.03. The third-order valence-corrected chi connectivity index (χ3v) is 2.50. The summed E-state index contributed by atoms with van der Waals surface area (Å²) in [6.07, 6.45) is 2.56. The fourth-order valence-electron chi connectivity index (χ4n) is 1.20. The highest BCUT2D eigenvalue weighted by Crippen LogP contribution is 2.07. The summed E-state index contributed by atoms with van der Waals surface area (Å²) in [5.41, 5.74) is 0.452. The fourth-order valence-corrected chi connectivity index (χ4v) is 1.43. The number of pyridine rings is 1. The van der Waals surface area contributed by atoms with Crippen molar-refractivity contribution in [3.8, 4) is 0 Å². The maximum absolute atomic E-state index is 11.6. The Labute approximate surface area is 104 Å². The molecule has 0 aromatic carbocycles. The van der Waals surface area contributed by atoms with E-state index in [1.807, 2.05) is 20.2 Å². The maximum Gasteiger partial charge on any atom is 0.269 e. The lowest BCUT2D eigenvalue weighted by molar-refractivity contribution is 0.0947. The van der Waals surface area contributed by atoms with Crippen LogP contribution in [0.5, 0.6) is 0 Å². The highest BCUT2D eigenvalue weighted by Gasteiger charge is 2.05. The Bertz CT molecular complexity index is 338. The highest BCUT2D eigenvalue weighted by atomic mass is 75.9. The first-order chi connectivity index (χ1) is 7.59. The molecule has 0 saturated heterocycles. The summed E-state index contributed by atoms with van der Waals surface area (Å²) in [5, 5.41) is 2.83. The molecule has 4 nitrogen and oxygen atoms in total. The molecule has 0 aliphatic heterocycles. The van der Waals surface area contributed by atoms with Crippen molar-refractivity contribution < 1.29 is 4.79 Å². The van der Waals surface area contributed by atoms with Gasteiger partial charge in [0.2, 0.25) is 0 Å². The van der Waals surface area contributed by atoms with E-state index >= 15 is 0 Å². The summed E-state index contributed by atoms with van der Waals surface area (Å²) in [4.78, 5) is 17.7. The van der Waals surface area contributed by atoms with Gasteiger partial charge < -0.3 is 10.2 Å². The molecule has 1 heterocycles. The van der Waals surface area contributed by atoms with E-state index in [9.17, 15) is 4.79 Å². The van der Waals surface area contributed by atoms with Crippen molar-refractivity contribution >= 4 is 21.8 Å². The van der Waals surface area contributed by atoms with E-state index in [0.717, 1.165) is 17.4 Å². The normalized spacial score (nSPS) is 10.5. The van der Waals surface area contributed by atoms with Crippen molar-refractivity contribution in [1.82, 2.24) is 15.2 Å². The molecule has 88 valence electrons. The van der Waals surface area contributed by atoms with Crippen LogP contribution in [0.1, 0.15) is 16.9 Å². The van der Waals surface area contributed by atoms with Crippen LogP contribution in [0.4, 0.5) is 0 Å². The standard InChI is InChI=1S/C11H16BrN3O/c1-15(2)7-3-6-13-11(16)10-5-4-9(12)8-14-10/h4-5,8H,3,6-7H2,1-2H3,(H,13,16)/i12-4. The molecule has 0 atom stereocenters. The second kappa shape index (κ2) is 6.60. The van der Waals surface area contributed by atoms with Gasteiger partial charge >= 0.3 is 0 Å². The maximum atomic E-state index is 11.6. The summed E-state index contributed by atoms with van der Waals surface area (Å²) in [5.74, 6) is -0.119. The van der Waals surface area contributed by atoms with Crippen molar-refractivity contribution in [2.45, 2.75) is 6.42 Å². The zero-order valence-electron chi connectivity index (χ0n) is 9.53. The predicted octanol–water partition coefficient (Wildman–Crippen LogP) is 1.53. The number of hydrogen-bond donors (Lipinski definition) is 1. The first-order valence-corrected chi connectivity index (χ1v) is 5.93. The minimum atomic E-state index is -0.119. The molecule has 0 fully saturated rings. The first-order valence-electron chi connectivity index (χ1n) is 5.14. The van der Waals surface area contributed by atoms with Crippen molar-refractivity contribution in [2.75, 3.05) is 27.2 Å². The van der Waals surface area contributed by atoms with Gasteiger partial charge in [-0.15, -0.1) is 0 Å². The third kappa shape index (κ3) is 4.72. The van der Waals surface area contributed by atoms with Crippen LogP contribution in [0.3, 0.4) is 0 Å². The van der Waals surface area contributed by atoms with Gasteiger partial charge in [-0.25, -0.2) is 4.98 Å². The second-order valence-electron chi connectivity index (χ2n) is 3.77. The summed E-state index contributed by atoms with van der Waals surface area (Å²) < 4.78 is 0.872. The van der Waals surface area contributed by atoms with Gasteiger partial charge in [-0.1, -0.05) is 0 Å². The van der Waals surface area contributed by atoms with Crippen LogP contribution in [-0.2, 0) is 0 Å². The average molecular weight is 282 g/mol. The Hall–Kier alpha value is -0.940. The Kier molecular flexibility index (Phi) is 5.42. The van der Waals surface area contributed by atoms with Gasteiger partial charge in [0.05, 0.1) is 0 Å². The van der Waals surface area contributed by atoms with Gasteiger partial charge in [0.15, 0.2) is 0 Å². The van der Waals surface area contributed by atoms with E-state index in [1.54, 1.807) is 12.3 Å². The lowest BCUT2D eigenvalue weighted by Gasteiger charge is -2.09. The van der Waals surface area contributed by atoms with E-state index in [1.165, 1.54) is 0 Å². The first kappa shape index (κ1) is 13.1. The number of halogens is 1. The van der Waals surface area contributed by atoms with Crippen molar-refractivity contribution in [3.63, 3.8) is 0 Å². The van der Waals surface area contributed by atoms with Gasteiger partial charge in [-0.3, -0.25) is 4.79 Å². The highest BCUT2D eigenvalue weighted by molar-refractivity contribution is 9.10. The van der Waals surface area contributed by atoms with Crippen LogP contribution in [0.25, 0.3) is 0 Å². The van der Waals surface area contributed by atoms with Crippen LogP contribution < -0.4 is 5.32 Å². The number of carbonyl (C=O) groups is 1. The number of aromatic nitrogens is 1. The van der Waals surface area contributed by atoms with E-state index in [2.05, 4.69) is 31.1 Å². The van der Waals surface area contributed by atoms with E-state index in [0.29, 0.717) is 12.2 Å². The summed E-state index contributed by atoms with van der Waals surface area (Å²) >= 11 is 3.27. The monoisotopic (exact) mass is 282 g/mol. The summed E-state index contributed by atoms with van der Waals surface area (Å²) in [6.45, 7) is 1.64. The van der Waals surface area contributed by atoms with Gasteiger partial charge in [-0.05, 0) is 55.1 Å². The van der Waals surface area contributed by atoms with Crippen molar-refractivity contribution in [3.05, 3.63) is 28.5 Å². The van der Waals surface area contributed by atoms with E-state index < -0.39 is 0 Å². The fraction of sp³-hybridized carbons (Fsp3) is 0.455. The van der Waals surface area contributed by atoms with E-state index in [4.69, 9.17) is 0 Å². The number of amides is 1. The molecule has 0 radical (unpaired) electrons. The van der Waals surface area contributed by atoms with Gasteiger partial charge in [0, 0.05) is 17.2 Å². The lowest BCUT2D eigenvalue weighted by Crippen LogP contribution is -2.27. The van der Waals surface area contributed by atoms with Crippen LogP contribution in [0, 0.1) is 0 Å². The SMILES string of the molecule is CN(C)CCCNC(=O)c1ccc([76Br])cn1. The molecule has 1 N–H and O–H groups in total. The number of nitrogens with one attached hydrogen (secondary N) is 1. The molecule has 0 bridgehead atoms. The van der Waals surface area contributed by atoms with E-state index in [-0.39, 0.29) is 5.91 Å².